The van der Waals surface area contributed by atoms with Crippen molar-refractivity contribution in [2.45, 2.75) is 39.5 Å². The van der Waals surface area contributed by atoms with E-state index in [1.54, 1.807) is 12.1 Å². The molecule has 1 rings (SSSR count). The van der Waals surface area contributed by atoms with E-state index in [1.165, 1.54) is 13.2 Å². The number of aliphatic imine (C=N–C) groups is 1. The molecule has 27 heavy (non-hydrogen) atoms. The van der Waals surface area contributed by atoms with Gasteiger partial charge in [-0.25, -0.2) is 4.99 Å². The molecule has 0 spiro atoms. The monoisotopic (exact) mass is 500 g/mol. The van der Waals surface area contributed by atoms with Crippen LogP contribution in [0, 0.1) is 0 Å². The van der Waals surface area contributed by atoms with Gasteiger partial charge in [-0.15, -0.1) is 24.0 Å². The van der Waals surface area contributed by atoms with Crippen LogP contribution >= 0.6 is 24.0 Å². The molecule has 9 heteroatoms. The number of halogens is 3. The minimum absolute atomic E-state index is 0. The number of rotatable bonds is 9. The topological polar surface area (TPSA) is 58.1 Å². The summed E-state index contributed by atoms with van der Waals surface area (Å²) < 4.78 is 35.0. The van der Waals surface area contributed by atoms with Crippen molar-refractivity contribution >= 4 is 29.9 Å². The highest BCUT2D eigenvalue weighted by Crippen LogP contribution is 2.26. The first-order valence-electron chi connectivity index (χ1n) is 8.51. The number of guanidine groups is 1. The highest BCUT2D eigenvalue weighted by Gasteiger charge is 2.20. The minimum atomic E-state index is -2.89. The quantitative estimate of drug-likeness (QED) is 0.310. The van der Waals surface area contributed by atoms with Crippen LogP contribution in [0.2, 0.25) is 0 Å². The van der Waals surface area contributed by atoms with Crippen molar-refractivity contribution in [1.82, 2.24) is 15.5 Å². The molecule has 0 saturated heterocycles. The summed E-state index contributed by atoms with van der Waals surface area (Å²) in [6.07, 6.45) is 0. The first kappa shape index (κ1) is 25.6. The molecule has 2 N–H and O–H groups in total. The average molecular weight is 500 g/mol. The van der Waals surface area contributed by atoms with Gasteiger partial charge < -0.3 is 25.0 Å². The Morgan fingerprint density at radius 2 is 1.93 bits per heavy atom. The van der Waals surface area contributed by atoms with Crippen LogP contribution < -0.4 is 20.1 Å². The van der Waals surface area contributed by atoms with Gasteiger partial charge in [-0.1, -0.05) is 0 Å². The van der Waals surface area contributed by atoms with Crippen LogP contribution in [0.1, 0.15) is 26.3 Å². The van der Waals surface area contributed by atoms with Crippen molar-refractivity contribution in [2.75, 3.05) is 34.3 Å². The molecular formula is C18H31F2IN4O2. The lowest BCUT2D eigenvalue weighted by molar-refractivity contribution is -0.0504. The molecule has 0 amide bonds. The van der Waals surface area contributed by atoms with Gasteiger partial charge in [0.05, 0.1) is 13.7 Å². The van der Waals surface area contributed by atoms with Gasteiger partial charge in [-0.2, -0.15) is 8.78 Å². The number of alkyl halides is 2. The number of hydrogen-bond donors (Lipinski definition) is 2. The highest BCUT2D eigenvalue weighted by atomic mass is 127. The van der Waals surface area contributed by atoms with Crippen molar-refractivity contribution in [3.05, 3.63) is 23.8 Å². The number of nitrogens with zero attached hydrogens (tertiary/aromatic N) is 2. The Morgan fingerprint density at radius 3 is 2.44 bits per heavy atom. The van der Waals surface area contributed by atoms with Crippen LogP contribution in [0.15, 0.2) is 23.2 Å². The fourth-order valence-electron chi connectivity index (χ4n) is 1.98. The zero-order valence-electron chi connectivity index (χ0n) is 16.8. The number of methoxy groups -OCH3 is 1. The Balaban J connectivity index is 0.00000676. The van der Waals surface area contributed by atoms with Crippen LogP contribution in [0.5, 0.6) is 11.5 Å². The van der Waals surface area contributed by atoms with Crippen molar-refractivity contribution in [3.8, 4) is 11.5 Å². The molecule has 6 nitrogen and oxygen atoms in total. The third kappa shape index (κ3) is 8.91. The van der Waals surface area contributed by atoms with E-state index >= 15 is 0 Å². The SMILES string of the molecule is CCNC(=NCc1cc(OC)ccc1OC(F)F)NCC(C)(C)N(C)C.I. The lowest BCUT2D eigenvalue weighted by Crippen LogP contribution is -2.50. The summed E-state index contributed by atoms with van der Waals surface area (Å²) in [5.41, 5.74) is 0.449. The Bertz CT molecular complexity index is 599. The summed E-state index contributed by atoms with van der Waals surface area (Å²) in [6, 6.07) is 4.69. The van der Waals surface area contributed by atoms with Gasteiger partial charge in [0.1, 0.15) is 11.5 Å². The molecule has 0 saturated carbocycles. The molecule has 0 radical (unpaired) electrons. The second kappa shape index (κ2) is 12.2. The summed E-state index contributed by atoms with van der Waals surface area (Å²) in [6.45, 7) is 4.83. The van der Waals surface area contributed by atoms with E-state index < -0.39 is 6.61 Å². The van der Waals surface area contributed by atoms with Gasteiger partial charge in [-0.3, -0.25) is 0 Å². The summed E-state index contributed by atoms with van der Waals surface area (Å²) in [5.74, 6) is 1.26. The third-order valence-corrected chi connectivity index (χ3v) is 4.13. The lowest BCUT2D eigenvalue weighted by Gasteiger charge is -2.33. The van der Waals surface area contributed by atoms with Gasteiger partial charge in [0.15, 0.2) is 5.96 Å². The van der Waals surface area contributed by atoms with E-state index in [0.29, 0.717) is 30.4 Å². The molecule has 0 aliphatic rings. The third-order valence-electron chi connectivity index (χ3n) is 4.13. The van der Waals surface area contributed by atoms with Crippen LogP contribution in [-0.2, 0) is 6.54 Å². The number of hydrogen-bond acceptors (Lipinski definition) is 4. The smallest absolute Gasteiger partial charge is 0.387 e. The van der Waals surface area contributed by atoms with E-state index in [1.807, 2.05) is 21.0 Å². The van der Waals surface area contributed by atoms with Crippen molar-refractivity contribution in [2.24, 2.45) is 4.99 Å². The second-order valence-electron chi connectivity index (χ2n) is 6.61. The van der Waals surface area contributed by atoms with Crippen LogP contribution in [0.3, 0.4) is 0 Å². The van der Waals surface area contributed by atoms with E-state index in [4.69, 9.17) is 4.74 Å². The Labute approximate surface area is 177 Å². The van der Waals surface area contributed by atoms with Crippen molar-refractivity contribution < 1.29 is 18.3 Å². The standard InChI is InChI=1S/C18H30F2N4O2.HI/c1-7-21-17(23-12-18(2,3)24(4)5)22-11-13-10-14(25-6)8-9-15(13)26-16(19)20;/h8-10,16H,7,11-12H2,1-6H3,(H2,21,22,23);1H. The van der Waals surface area contributed by atoms with Crippen LogP contribution in [-0.4, -0.2) is 57.3 Å². The second-order valence-corrected chi connectivity index (χ2v) is 6.61. The Kier molecular flexibility index (Phi) is 11.6. The molecule has 0 bridgehead atoms. The number of ether oxygens (including phenoxy) is 2. The van der Waals surface area contributed by atoms with Gasteiger partial charge in [-0.05, 0) is 53.1 Å². The normalized spacial score (nSPS) is 12.0. The summed E-state index contributed by atoms with van der Waals surface area (Å²) >= 11 is 0. The fourth-order valence-corrected chi connectivity index (χ4v) is 1.98. The maximum atomic E-state index is 12.6. The van der Waals surface area contributed by atoms with E-state index in [0.717, 1.165) is 0 Å². The molecule has 0 heterocycles. The molecule has 1 aromatic carbocycles. The summed E-state index contributed by atoms with van der Waals surface area (Å²) in [5, 5.41) is 6.43. The van der Waals surface area contributed by atoms with Gasteiger partial charge in [0, 0.05) is 24.2 Å². The number of benzene rings is 1. The molecular weight excluding hydrogens is 469 g/mol. The zero-order chi connectivity index (χ0) is 19.7. The minimum Gasteiger partial charge on any atom is -0.497 e. The van der Waals surface area contributed by atoms with Crippen LogP contribution in [0.4, 0.5) is 8.78 Å². The first-order valence-corrected chi connectivity index (χ1v) is 8.51. The summed E-state index contributed by atoms with van der Waals surface area (Å²) in [7, 11) is 5.54. The first-order chi connectivity index (χ1) is 12.2. The Morgan fingerprint density at radius 1 is 1.26 bits per heavy atom. The number of likely N-dealkylation sites (N-methyl/N-ethyl adjacent to an activating group) is 1. The molecule has 0 fully saturated rings. The number of nitrogens with one attached hydrogen (secondary N) is 2. The molecule has 0 atom stereocenters. The van der Waals surface area contributed by atoms with E-state index in [9.17, 15) is 8.78 Å². The van der Waals surface area contributed by atoms with Gasteiger partial charge in [0.25, 0.3) is 0 Å². The highest BCUT2D eigenvalue weighted by molar-refractivity contribution is 14.0. The predicted octanol–water partition coefficient (Wildman–Crippen LogP) is 3.31. The summed E-state index contributed by atoms with van der Waals surface area (Å²) in [4.78, 5) is 6.60. The van der Waals surface area contributed by atoms with Crippen molar-refractivity contribution in [1.29, 1.82) is 0 Å². The Hall–Kier alpha value is -1.36. The van der Waals surface area contributed by atoms with E-state index in [2.05, 4.69) is 39.1 Å². The molecule has 0 aliphatic heterocycles. The largest absolute Gasteiger partial charge is 0.497 e. The van der Waals surface area contributed by atoms with E-state index in [-0.39, 0.29) is 41.8 Å². The maximum absolute atomic E-state index is 12.6. The molecule has 156 valence electrons. The van der Waals surface area contributed by atoms with Crippen molar-refractivity contribution in [3.63, 3.8) is 0 Å². The molecule has 0 aliphatic carbocycles. The fraction of sp³-hybridized carbons (Fsp3) is 0.611. The molecule has 0 aromatic heterocycles. The molecule has 1 aromatic rings. The zero-order valence-corrected chi connectivity index (χ0v) is 19.1. The van der Waals surface area contributed by atoms with Gasteiger partial charge >= 0.3 is 6.61 Å². The van der Waals surface area contributed by atoms with Crippen LogP contribution in [0.25, 0.3) is 0 Å². The lowest BCUT2D eigenvalue weighted by atomic mass is 10.0. The molecule has 0 unspecified atom stereocenters. The average Bonchev–Trinajstić information content (AvgIpc) is 2.57. The maximum Gasteiger partial charge on any atom is 0.387 e. The van der Waals surface area contributed by atoms with Gasteiger partial charge in [0.2, 0.25) is 0 Å². The predicted molar refractivity (Wildman–Crippen MR) is 116 cm³/mol.